The van der Waals surface area contributed by atoms with Crippen molar-refractivity contribution in [2.45, 2.75) is 25.8 Å². The van der Waals surface area contributed by atoms with E-state index in [-0.39, 0.29) is 5.91 Å². The molecule has 152 valence electrons. The van der Waals surface area contributed by atoms with Crippen LogP contribution in [0.4, 0.5) is 0 Å². The summed E-state index contributed by atoms with van der Waals surface area (Å²) in [4.78, 5) is 19.7. The molecule has 4 heterocycles. The standard InChI is InChI=1S/C24H25N5O/c1-27-16-20(14-26-27)19-9-7-18(8-10-19)15-29-17-21(23-22(29)6-5-11-25-23)24(30)28-12-3-2-4-13-28/h5-11,14,16-17H,2-4,12-13,15H2,1H3. The van der Waals surface area contributed by atoms with Crippen LogP contribution in [0.1, 0.15) is 35.2 Å². The molecule has 0 aliphatic carbocycles. The van der Waals surface area contributed by atoms with Gasteiger partial charge in [0.25, 0.3) is 5.91 Å². The lowest BCUT2D eigenvalue weighted by molar-refractivity contribution is 0.0726. The van der Waals surface area contributed by atoms with Gasteiger partial charge in [0, 0.05) is 50.8 Å². The van der Waals surface area contributed by atoms with Crippen molar-refractivity contribution < 1.29 is 4.79 Å². The van der Waals surface area contributed by atoms with E-state index < -0.39 is 0 Å². The Morgan fingerprint density at radius 1 is 1.00 bits per heavy atom. The highest BCUT2D eigenvalue weighted by Gasteiger charge is 2.23. The molecule has 1 fully saturated rings. The first-order chi connectivity index (χ1) is 14.7. The Bertz CT molecular complexity index is 1180. The second-order valence-corrected chi connectivity index (χ2v) is 7.99. The number of piperidine rings is 1. The number of likely N-dealkylation sites (tertiary alicyclic amines) is 1. The number of amides is 1. The Balaban J connectivity index is 1.44. The van der Waals surface area contributed by atoms with Crippen molar-refractivity contribution in [3.63, 3.8) is 0 Å². The fourth-order valence-corrected chi connectivity index (χ4v) is 4.25. The molecule has 4 aromatic rings. The molecular weight excluding hydrogens is 374 g/mol. The first kappa shape index (κ1) is 18.6. The van der Waals surface area contributed by atoms with Crippen molar-refractivity contribution in [3.8, 4) is 11.1 Å². The van der Waals surface area contributed by atoms with Crippen LogP contribution in [0, 0.1) is 0 Å². The molecule has 0 unspecified atom stereocenters. The van der Waals surface area contributed by atoms with E-state index in [9.17, 15) is 4.79 Å². The molecule has 30 heavy (non-hydrogen) atoms. The van der Waals surface area contributed by atoms with E-state index in [2.05, 4.69) is 38.9 Å². The van der Waals surface area contributed by atoms with Gasteiger partial charge in [-0.15, -0.1) is 0 Å². The third-order valence-corrected chi connectivity index (χ3v) is 5.85. The molecule has 0 radical (unpaired) electrons. The second kappa shape index (κ2) is 7.78. The third kappa shape index (κ3) is 3.49. The summed E-state index contributed by atoms with van der Waals surface area (Å²) in [6, 6.07) is 12.5. The molecule has 0 bridgehead atoms. The maximum Gasteiger partial charge on any atom is 0.257 e. The van der Waals surface area contributed by atoms with Crippen LogP contribution in [0.15, 0.2) is 61.2 Å². The molecule has 1 aromatic carbocycles. The summed E-state index contributed by atoms with van der Waals surface area (Å²) in [6.07, 6.45) is 11.0. The van der Waals surface area contributed by atoms with E-state index in [1.54, 1.807) is 6.20 Å². The molecule has 3 aromatic heterocycles. The number of carbonyl (C=O) groups is 1. The van der Waals surface area contributed by atoms with Crippen LogP contribution < -0.4 is 0 Å². The van der Waals surface area contributed by atoms with Gasteiger partial charge in [0.2, 0.25) is 0 Å². The highest BCUT2D eigenvalue weighted by atomic mass is 16.2. The van der Waals surface area contributed by atoms with E-state index >= 15 is 0 Å². The molecule has 6 nitrogen and oxygen atoms in total. The van der Waals surface area contributed by atoms with Crippen LogP contribution in [0.5, 0.6) is 0 Å². The minimum absolute atomic E-state index is 0.101. The summed E-state index contributed by atoms with van der Waals surface area (Å²) in [7, 11) is 1.92. The van der Waals surface area contributed by atoms with E-state index in [4.69, 9.17) is 0 Å². The summed E-state index contributed by atoms with van der Waals surface area (Å²) in [6.45, 7) is 2.38. The first-order valence-electron chi connectivity index (χ1n) is 10.5. The Kier molecular flexibility index (Phi) is 4.83. The van der Waals surface area contributed by atoms with Crippen LogP contribution in [0.2, 0.25) is 0 Å². The number of nitrogens with zero attached hydrogens (tertiary/aromatic N) is 5. The lowest BCUT2D eigenvalue weighted by Gasteiger charge is -2.26. The fraction of sp³-hybridized carbons (Fsp3) is 0.292. The molecule has 1 aliphatic heterocycles. The zero-order valence-corrected chi connectivity index (χ0v) is 17.2. The quantitative estimate of drug-likeness (QED) is 0.519. The van der Waals surface area contributed by atoms with Gasteiger partial charge in [-0.2, -0.15) is 5.10 Å². The van der Waals surface area contributed by atoms with Gasteiger partial charge >= 0.3 is 0 Å². The highest BCUT2D eigenvalue weighted by molar-refractivity contribution is 6.05. The fourth-order valence-electron chi connectivity index (χ4n) is 4.25. The molecule has 1 saturated heterocycles. The molecule has 0 saturated carbocycles. The average molecular weight is 399 g/mol. The first-order valence-corrected chi connectivity index (χ1v) is 10.5. The summed E-state index contributed by atoms with van der Waals surface area (Å²) >= 11 is 0. The van der Waals surface area contributed by atoms with E-state index in [0.717, 1.165) is 48.1 Å². The van der Waals surface area contributed by atoms with Gasteiger partial charge in [0.1, 0.15) is 5.52 Å². The largest absolute Gasteiger partial charge is 0.341 e. The van der Waals surface area contributed by atoms with Crippen LogP contribution >= 0.6 is 0 Å². The molecule has 0 atom stereocenters. The van der Waals surface area contributed by atoms with Crippen molar-refractivity contribution >= 4 is 16.9 Å². The van der Waals surface area contributed by atoms with Crippen LogP contribution in [-0.4, -0.2) is 43.2 Å². The van der Waals surface area contributed by atoms with E-state index in [1.807, 2.05) is 47.4 Å². The molecule has 1 amide bonds. The summed E-state index contributed by atoms with van der Waals surface area (Å²) in [5.74, 6) is 0.101. The summed E-state index contributed by atoms with van der Waals surface area (Å²) in [5, 5.41) is 4.24. The Labute approximate surface area is 175 Å². The minimum atomic E-state index is 0.101. The number of hydrogen-bond donors (Lipinski definition) is 0. The van der Waals surface area contributed by atoms with Gasteiger partial charge in [0.15, 0.2) is 0 Å². The van der Waals surface area contributed by atoms with Crippen molar-refractivity contribution in [2.75, 3.05) is 13.1 Å². The smallest absolute Gasteiger partial charge is 0.257 e. The number of hydrogen-bond acceptors (Lipinski definition) is 3. The number of benzene rings is 1. The number of pyridine rings is 1. The Morgan fingerprint density at radius 2 is 1.80 bits per heavy atom. The number of carbonyl (C=O) groups excluding carboxylic acids is 1. The zero-order valence-electron chi connectivity index (χ0n) is 17.2. The van der Waals surface area contributed by atoms with Crippen molar-refractivity contribution in [1.82, 2.24) is 24.2 Å². The molecule has 0 N–H and O–H groups in total. The lowest BCUT2D eigenvalue weighted by atomic mass is 10.1. The van der Waals surface area contributed by atoms with Gasteiger partial charge in [-0.25, -0.2) is 0 Å². The van der Waals surface area contributed by atoms with Gasteiger partial charge in [-0.1, -0.05) is 24.3 Å². The summed E-state index contributed by atoms with van der Waals surface area (Å²) < 4.78 is 3.95. The van der Waals surface area contributed by atoms with Gasteiger partial charge in [-0.05, 0) is 42.5 Å². The van der Waals surface area contributed by atoms with Gasteiger partial charge in [0.05, 0.1) is 17.3 Å². The monoisotopic (exact) mass is 399 g/mol. The Hall–Kier alpha value is -3.41. The molecule has 6 heteroatoms. The average Bonchev–Trinajstić information content (AvgIpc) is 3.39. The van der Waals surface area contributed by atoms with Gasteiger partial charge in [-0.3, -0.25) is 14.5 Å². The van der Waals surface area contributed by atoms with Crippen LogP contribution in [0.3, 0.4) is 0 Å². The lowest BCUT2D eigenvalue weighted by Crippen LogP contribution is -2.35. The number of aryl methyl sites for hydroxylation is 1. The molecule has 1 aliphatic rings. The normalized spacial score (nSPS) is 14.4. The van der Waals surface area contributed by atoms with Gasteiger partial charge < -0.3 is 9.47 Å². The van der Waals surface area contributed by atoms with Crippen LogP contribution in [0.25, 0.3) is 22.2 Å². The Morgan fingerprint density at radius 3 is 2.53 bits per heavy atom. The maximum absolute atomic E-state index is 13.1. The van der Waals surface area contributed by atoms with Crippen molar-refractivity contribution in [1.29, 1.82) is 0 Å². The number of aromatic nitrogens is 4. The molecule has 0 spiro atoms. The second-order valence-electron chi connectivity index (χ2n) is 7.99. The predicted octanol–water partition coefficient (Wildman–Crippen LogP) is 4.11. The van der Waals surface area contributed by atoms with Crippen molar-refractivity contribution in [2.24, 2.45) is 7.05 Å². The van der Waals surface area contributed by atoms with E-state index in [0.29, 0.717) is 12.1 Å². The maximum atomic E-state index is 13.1. The minimum Gasteiger partial charge on any atom is -0.341 e. The van der Waals surface area contributed by atoms with Crippen molar-refractivity contribution in [3.05, 3.63) is 72.3 Å². The predicted molar refractivity (Wildman–Crippen MR) is 117 cm³/mol. The summed E-state index contributed by atoms with van der Waals surface area (Å²) in [5.41, 5.74) is 5.93. The van der Waals surface area contributed by atoms with E-state index in [1.165, 1.54) is 12.0 Å². The molecule has 5 rings (SSSR count). The highest BCUT2D eigenvalue weighted by Crippen LogP contribution is 2.24. The molecular formula is C24H25N5O. The topological polar surface area (TPSA) is 56.0 Å². The SMILES string of the molecule is Cn1cc(-c2ccc(Cn3cc(C(=O)N4CCCCC4)c4ncccc43)cc2)cn1. The van der Waals surface area contributed by atoms with Crippen LogP contribution in [-0.2, 0) is 13.6 Å². The number of fused-ring (bicyclic) bond motifs is 1. The zero-order chi connectivity index (χ0) is 20.5. The third-order valence-electron chi connectivity index (χ3n) is 5.85. The number of rotatable bonds is 4.